The van der Waals surface area contributed by atoms with Crippen LogP contribution in [0.25, 0.3) is 0 Å². The molecule has 0 unspecified atom stereocenters. The van der Waals surface area contributed by atoms with Crippen LogP contribution < -0.4 is 15.4 Å². The maximum absolute atomic E-state index is 11.3. The van der Waals surface area contributed by atoms with Gasteiger partial charge in [-0.3, -0.25) is 10.1 Å². The number of ether oxygens (including phenoxy) is 1. The van der Waals surface area contributed by atoms with Gasteiger partial charge in [0.15, 0.2) is 0 Å². The van der Waals surface area contributed by atoms with Crippen molar-refractivity contribution in [3.05, 3.63) is 51.0 Å². The Kier molecular flexibility index (Phi) is 4.64. The topological polar surface area (TPSA) is 76.4 Å². The second-order valence-corrected chi connectivity index (χ2v) is 5.04. The molecule has 0 saturated heterocycles. The Morgan fingerprint density at radius 1 is 1.24 bits per heavy atom. The first kappa shape index (κ1) is 15.1. The summed E-state index contributed by atoms with van der Waals surface area (Å²) in [6.07, 6.45) is 0. The lowest BCUT2D eigenvalue weighted by Crippen LogP contribution is -2.01. The number of nitrogens with zero attached hydrogens (tertiary/aromatic N) is 1. The molecule has 6 nitrogen and oxygen atoms in total. The second kappa shape index (κ2) is 6.45. The lowest BCUT2D eigenvalue weighted by Gasteiger charge is -2.11. The van der Waals surface area contributed by atoms with Crippen LogP contribution in [0.4, 0.5) is 22.7 Å². The highest BCUT2D eigenvalue weighted by atomic mass is 79.9. The standard InChI is InChI=1S/C14H14BrN3O3/c1-16-11-4-3-5-12(14(11)18(19)20)17-9-6-7-13(21-2)10(15)8-9/h3-8,16-17H,1-2H3. The van der Waals surface area contributed by atoms with E-state index in [2.05, 4.69) is 26.6 Å². The van der Waals surface area contributed by atoms with Crippen molar-refractivity contribution >= 4 is 38.7 Å². The maximum Gasteiger partial charge on any atom is 0.315 e. The van der Waals surface area contributed by atoms with Crippen molar-refractivity contribution in [2.45, 2.75) is 0 Å². The SMILES string of the molecule is CNc1cccc(Nc2ccc(OC)c(Br)c2)c1[N+](=O)[O-]. The van der Waals surface area contributed by atoms with Crippen molar-refractivity contribution in [3.8, 4) is 5.75 Å². The molecule has 2 aromatic carbocycles. The monoisotopic (exact) mass is 351 g/mol. The van der Waals surface area contributed by atoms with E-state index < -0.39 is 4.92 Å². The number of para-hydroxylation sites is 1. The molecular formula is C14H14BrN3O3. The summed E-state index contributed by atoms with van der Waals surface area (Å²) >= 11 is 3.39. The van der Waals surface area contributed by atoms with Crippen molar-refractivity contribution in [3.63, 3.8) is 0 Å². The molecular weight excluding hydrogens is 338 g/mol. The van der Waals surface area contributed by atoms with Gasteiger partial charge < -0.3 is 15.4 Å². The number of benzene rings is 2. The number of nitro groups is 1. The summed E-state index contributed by atoms with van der Waals surface area (Å²) in [6.45, 7) is 0. The molecule has 0 aliphatic heterocycles. The first-order valence-corrected chi connectivity index (χ1v) is 6.92. The number of methoxy groups -OCH3 is 1. The van der Waals surface area contributed by atoms with Gasteiger partial charge >= 0.3 is 5.69 Å². The third-order valence-corrected chi connectivity index (χ3v) is 3.54. The van der Waals surface area contributed by atoms with Gasteiger partial charge in [-0.25, -0.2) is 0 Å². The van der Waals surface area contributed by atoms with Crippen molar-refractivity contribution in [1.29, 1.82) is 0 Å². The number of nitro benzene ring substituents is 1. The van der Waals surface area contributed by atoms with Crippen LogP contribution in [0.1, 0.15) is 0 Å². The second-order valence-electron chi connectivity index (χ2n) is 4.18. The number of hydrogen-bond donors (Lipinski definition) is 2. The van der Waals surface area contributed by atoms with E-state index in [1.165, 1.54) is 0 Å². The summed E-state index contributed by atoms with van der Waals surface area (Å²) in [7, 11) is 3.23. The maximum atomic E-state index is 11.3. The van der Waals surface area contributed by atoms with E-state index in [1.54, 1.807) is 50.6 Å². The minimum atomic E-state index is -0.410. The van der Waals surface area contributed by atoms with Crippen LogP contribution in [-0.2, 0) is 0 Å². The van der Waals surface area contributed by atoms with E-state index >= 15 is 0 Å². The zero-order chi connectivity index (χ0) is 15.4. The highest BCUT2D eigenvalue weighted by Gasteiger charge is 2.19. The Labute approximate surface area is 130 Å². The van der Waals surface area contributed by atoms with E-state index in [1.807, 2.05) is 0 Å². The van der Waals surface area contributed by atoms with Crippen LogP contribution in [0.5, 0.6) is 5.75 Å². The quantitative estimate of drug-likeness (QED) is 0.624. The molecule has 0 heterocycles. The number of nitrogens with one attached hydrogen (secondary N) is 2. The highest BCUT2D eigenvalue weighted by molar-refractivity contribution is 9.10. The first-order chi connectivity index (χ1) is 10.1. The molecule has 0 radical (unpaired) electrons. The van der Waals surface area contributed by atoms with E-state index in [-0.39, 0.29) is 5.69 Å². The molecule has 21 heavy (non-hydrogen) atoms. The predicted octanol–water partition coefficient (Wildman–Crippen LogP) is 4.15. The molecule has 0 spiro atoms. The molecule has 0 aliphatic rings. The van der Waals surface area contributed by atoms with Crippen LogP contribution in [-0.4, -0.2) is 19.1 Å². The molecule has 2 aromatic rings. The lowest BCUT2D eigenvalue weighted by molar-refractivity contribution is -0.383. The van der Waals surface area contributed by atoms with Gasteiger partial charge in [-0.05, 0) is 46.3 Å². The molecule has 0 aliphatic carbocycles. The van der Waals surface area contributed by atoms with Crippen LogP contribution >= 0.6 is 15.9 Å². The van der Waals surface area contributed by atoms with Gasteiger partial charge in [0, 0.05) is 12.7 Å². The number of hydrogen-bond acceptors (Lipinski definition) is 5. The van der Waals surface area contributed by atoms with Gasteiger partial charge in [-0.1, -0.05) is 6.07 Å². The molecule has 2 rings (SSSR count). The zero-order valence-electron chi connectivity index (χ0n) is 11.5. The summed E-state index contributed by atoms with van der Waals surface area (Å²) in [5, 5.41) is 17.1. The van der Waals surface area contributed by atoms with E-state index in [9.17, 15) is 10.1 Å². The lowest BCUT2D eigenvalue weighted by atomic mass is 10.2. The van der Waals surface area contributed by atoms with Crippen molar-refractivity contribution < 1.29 is 9.66 Å². The molecule has 0 bridgehead atoms. The summed E-state index contributed by atoms with van der Waals surface area (Å²) < 4.78 is 5.92. The summed E-state index contributed by atoms with van der Waals surface area (Å²) in [6, 6.07) is 10.4. The number of anilines is 3. The molecule has 2 N–H and O–H groups in total. The minimum Gasteiger partial charge on any atom is -0.496 e. The molecule has 0 fully saturated rings. The van der Waals surface area contributed by atoms with Gasteiger partial charge in [0.05, 0.1) is 16.5 Å². The first-order valence-electron chi connectivity index (χ1n) is 6.12. The minimum absolute atomic E-state index is 0.00643. The predicted molar refractivity (Wildman–Crippen MR) is 86.6 cm³/mol. The average molecular weight is 352 g/mol. The van der Waals surface area contributed by atoms with Crippen LogP contribution in [0.3, 0.4) is 0 Å². The van der Waals surface area contributed by atoms with Gasteiger partial charge in [0.1, 0.15) is 17.1 Å². The van der Waals surface area contributed by atoms with Crippen LogP contribution in [0.2, 0.25) is 0 Å². The summed E-state index contributed by atoms with van der Waals surface area (Å²) in [4.78, 5) is 10.8. The normalized spacial score (nSPS) is 10.0. The van der Waals surface area contributed by atoms with E-state index in [0.717, 1.165) is 10.2 Å². The number of halogens is 1. The molecule has 0 amide bonds. The molecule has 7 heteroatoms. The largest absolute Gasteiger partial charge is 0.496 e. The third-order valence-electron chi connectivity index (χ3n) is 2.92. The van der Waals surface area contributed by atoms with Crippen molar-refractivity contribution in [1.82, 2.24) is 0 Å². The van der Waals surface area contributed by atoms with Gasteiger partial charge in [-0.2, -0.15) is 0 Å². The Balaban J connectivity index is 2.40. The zero-order valence-corrected chi connectivity index (χ0v) is 13.1. The Morgan fingerprint density at radius 2 is 1.95 bits per heavy atom. The molecule has 0 atom stereocenters. The van der Waals surface area contributed by atoms with Crippen molar-refractivity contribution in [2.24, 2.45) is 0 Å². The smallest absolute Gasteiger partial charge is 0.315 e. The van der Waals surface area contributed by atoms with Gasteiger partial charge in [0.25, 0.3) is 0 Å². The van der Waals surface area contributed by atoms with E-state index in [0.29, 0.717) is 17.1 Å². The van der Waals surface area contributed by atoms with Gasteiger partial charge in [0.2, 0.25) is 0 Å². The van der Waals surface area contributed by atoms with Crippen LogP contribution in [0, 0.1) is 10.1 Å². The number of rotatable bonds is 5. The van der Waals surface area contributed by atoms with Gasteiger partial charge in [-0.15, -0.1) is 0 Å². The Morgan fingerprint density at radius 3 is 2.52 bits per heavy atom. The molecule has 0 aromatic heterocycles. The van der Waals surface area contributed by atoms with Crippen LogP contribution in [0.15, 0.2) is 40.9 Å². The third kappa shape index (κ3) is 3.25. The fourth-order valence-corrected chi connectivity index (χ4v) is 2.48. The van der Waals surface area contributed by atoms with E-state index in [4.69, 9.17) is 4.74 Å². The summed E-state index contributed by atoms with van der Waals surface area (Å²) in [5.41, 5.74) is 1.60. The molecule has 0 saturated carbocycles. The van der Waals surface area contributed by atoms with Crippen molar-refractivity contribution in [2.75, 3.05) is 24.8 Å². The molecule has 110 valence electrons. The fraction of sp³-hybridized carbons (Fsp3) is 0.143. The average Bonchev–Trinajstić information content (AvgIpc) is 2.46. The summed E-state index contributed by atoms with van der Waals surface area (Å²) in [5.74, 6) is 0.694. The Hall–Kier alpha value is -2.28. The Bertz CT molecular complexity index is 677. The fourth-order valence-electron chi connectivity index (χ4n) is 1.94. The highest BCUT2D eigenvalue weighted by Crippen LogP contribution is 2.36.